The van der Waals surface area contributed by atoms with Crippen LogP contribution in [0.3, 0.4) is 0 Å². The van der Waals surface area contributed by atoms with Crippen LogP contribution in [0.5, 0.6) is 0 Å². The Morgan fingerprint density at radius 1 is 0.585 bits per heavy atom. The van der Waals surface area contributed by atoms with E-state index < -0.39 is 32.5 Å². The van der Waals surface area contributed by atoms with Gasteiger partial charge in [0, 0.05) is 12.8 Å². The molecule has 9 nitrogen and oxygen atoms in total. The van der Waals surface area contributed by atoms with E-state index in [1.54, 1.807) is 0 Å². The van der Waals surface area contributed by atoms with Crippen LogP contribution in [0.4, 0.5) is 0 Å². The highest BCUT2D eigenvalue weighted by molar-refractivity contribution is 7.45. The zero-order valence-corrected chi connectivity index (χ0v) is 35.3. The molecule has 53 heavy (non-hydrogen) atoms. The number of likely N-dealkylation sites (N-methyl/N-ethyl adjacent to an activating group) is 1. The minimum Gasteiger partial charge on any atom is -0.756 e. The summed E-state index contributed by atoms with van der Waals surface area (Å²) in [7, 11) is 1.14. The van der Waals surface area contributed by atoms with Gasteiger partial charge < -0.3 is 27.9 Å². The van der Waals surface area contributed by atoms with Gasteiger partial charge in [-0.25, -0.2) is 0 Å². The number of allylic oxidation sites excluding steroid dienone is 8. The van der Waals surface area contributed by atoms with Crippen LogP contribution in [0.15, 0.2) is 48.6 Å². The molecular weight excluding hydrogens is 689 g/mol. The predicted octanol–water partition coefficient (Wildman–Crippen LogP) is 10.9. The molecule has 2 atom stereocenters. The first-order valence-corrected chi connectivity index (χ1v) is 22.3. The van der Waals surface area contributed by atoms with Crippen molar-refractivity contribution in [1.29, 1.82) is 0 Å². The molecule has 0 aliphatic rings. The molecule has 0 aliphatic heterocycles. The van der Waals surface area contributed by atoms with Gasteiger partial charge in [-0.15, -0.1) is 0 Å². The van der Waals surface area contributed by atoms with Crippen LogP contribution in [-0.2, 0) is 32.7 Å². The third kappa shape index (κ3) is 39.5. The summed E-state index contributed by atoms with van der Waals surface area (Å²) in [6.07, 6.45) is 39.9. The van der Waals surface area contributed by atoms with E-state index in [-0.39, 0.29) is 26.1 Å². The molecule has 0 amide bonds. The third-order valence-electron chi connectivity index (χ3n) is 8.57. The van der Waals surface area contributed by atoms with Crippen LogP contribution in [0.1, 0.15) is 162 Å². The molecule has 0 aromatic rings. The van der Waals surface area contributed by atoms with Gasteiger partial charge in [0.1, 0.15) is 19.8 Å². The van der Waals surface area contributed by atoms with E-state index in [9.17, 15) is 19.0 Å². The van der Waals surface area contributed by atoms with Gasteiger partial charge in [0.25, 0.3) is 7.82 Å². The number of hydrogen-bond donors (Lipinski definition) is 0. The number of ether oxygens (including phenoxy) is 2. The van der Waals surface area contributed by atoms with E-state index in [2.05, 4.69) is 62.5 Å². The average molecular weight is 768 g/mol. The lowest BCUT2D eigenvalue weighted by atomic mass is 10.1. The molecule has 0 fully saturated rings. The maximum Gasteiger partial charge on any atom is 0.306 e. The number of carbonyl (C=O) groups excluding carboxylic acids is 2. The lowest BCUT2D eigenvalue weighted by Gasteiger charge is -2.28. The van der Waals surface area contributed by atoms with Crippen molar-refractivity contribution < 1.29 is 42.1 Å². The molecule has 2 unspecified atom stereocenters. The minimum absolute atomic E-state index is 0.0377. The van der Waals surface area contributed by atoms with E-state index in [1.807, 2.05) is 21.1 Å². The molecule has 0 heterocycles. The van der Waals surface area contributed by atoms with Crippen molar-refractivity contribution in [3.05, 3.63) is 48.6 Å². The lowest BCUT2D eigenvalue weighted by molar-refractivity contribution is -0.870. The summed E-state index contributed by atoms with van der Waals surface area (Å²) in [5.41, 5.74) is 0. The van der Waals surface area contributed by atoms with Gasteiger partial charge in [0.2, 0.25) is 0 Å². The molecule has 0 saturated carbocycles. The topological polar surface area (TPSA) is 111 Å². The summed E-state index contributed by atoms with van der Waals surface area (Å²) in [5.74, 6) is -0.871. The van der Waals surface area contributed by atoms with E-state index in [4.69, 9.17) is 18.5 Å². The Bertz CT molecular complexity index is 1050. The van der Waals surface area contributed by atoms with Gasteiger partial charge in [0.05, 0.1) is 27.7 Å². The fourth-order valence-corrected chi connectivity index (χ4v) is 5.96. The number of unbranched alkanes of at least 4 members (excludes halogenated alkanes) is 15. The van der Waals surface area contributed by atoms with Gasteiger partial charge in [-0.05, 0) is 70.6 Å². The Morgan fingerprint density at radius 2 is 1.04 bits per heavy atom. The summed E-state index contributed by atoms with van der Waals surface area (Å²) in [4.78, 5) is 37.4. The molecule has 0 rings (SSSR count). The number of phosphoric ester groups is 1. The second-order valence-corrected chi connectivity index (χ2v) is 16.4. The zero-order valence-electron chi connectivity index (χ0n) is 34.4. The summed E-state index contributed by atoms with van der Waals surface area (Å²) >= 11 is 0. The number of quaternary nitrogens is 1. The lowest BCUT2D eigenvalue weighted by Crippen LogP contribution is -2.37. The minimum atomic E-state index is -4.63. The Labute approximate surface area is 324 Å². The first-order chi connectivity index (χ1) is 25.5. The van der Waals surface area contributed by atoms with Crippen molar-refractivity contribution in [2.24, 2.45) is 0 Å². The fraction of sp³-hybridized carbons (Fsp3) is 0.767. The van der Waals surface area contributed by atoms with Crippen molar-refractivity contribution in [2.45, 2.75) is 168 Å². The molecule has 0 radical (unpaired) electrons. The third-order valence-corrected chi connectivity index (χ3v) is 9.54. The molecule has 0 saturated heterocycles. The van der Waals surface area contributed by atoms with Crippen LogP contribution >= 0.6 is 7.82 Å². The van der Waals surface area contributed by atoms with Crippen molar-refractivity contribution in [1.82, 2.24) is 0 Å². The number of phosphoric acid groups is 1. The Kier molecular flexibility index (Phi) is 34.3. The fourth-order valence-electron chi connectivity index (χ4n) is 5.23. The van der Waals surface area contributed by atoms with E-state index in [0.29, 0.717) is 23.9 Å². The highest BCUT2D eigenvalue weighted by atomic mass is 31.2. The van der Waals surface area contributed by atoms with E-state index in [1.165, 1.54) is 38.5 Å². The second-order valence-electron chi connectivity index (χ2n) is 15.0. The molecule has 0 spiro atoms. The SMILES string of the molecule is CCCC/C=C\C/C=C\CCCCCCCC(=O)OCC(COP(=O)([O-])OCC[N+](C)(C)C)OC(=O)CCCCCCC/C=C\C/C=C\CCCCC. The number of rotatable bonds is 37. The first kappa shape index (κ1) is 51.0. The number of esters is 2. The maximum absolute atomic E-state index is 12.6. The van der Waals surface area contributed by atoms with Crippen molar-refractivity contribution in [2.75, 3.05) is 47.5 Å². The second kappa shape index (κ2) is 35.7. The number of hydrogen-bond acceptors (Lipinski definition) is 8. The standard InChI is InChI=1S/C43H78NO8P/c1-6-8-10-12-14-16-18-20-22-24-26-28-30-32-34-36-43(46)52-41(40-51-53(47,48)50-38-37-44(3,4)5)39-49-42(45)35-33-31-29-27-25-23-21-19-17-15-13-11-9-7-2/h13-16,19-22,41H,6-12,17-18,23-40H2,1-5H3/b15-13-,16-14-,21-19-,22-20-. The molecule has 0 aromatic heterocycles. The van der Waals surface area contributed by atoms with Crippen LogP contribution in [0, 0.1) is 0 Å². The highest BCUT2D eigenvalue weighted by Crippen LogP contribution is 2.38. The molecule has 0 bridgehead atoms. The van der Waals surface area contributed by atoms with Crippen molar-refractivity contribution in [3.8, 4) is 0 Å². The van der Waals surface area contributed by atoms with Gasteiger partial charge in [-0.1, -0.05) is 127 Å². The van der Waals surface area contributed by atoms with Crippen molar-refractivity contribution >= 4 is 19.8 Å². The van der Waals surface area contributed by atoms with E-state index >= 15 is 0 Å². The van der Waals surface area contributed by atoms with Crippen molar-refractivity contribution in [3.63, 3.8) is 0 Å². The van der Waals surface area contributed by atoms with Gasteiger partial charge in [0.15, 0.2) is 6.10 Å². The molecule has 0 aliphatic carbocycles. The Balaban J connectivity index is 4.45. The quantitative estimate of drug-likeness (QED) is 0.0202. The monoisotopic (exact) mass is 768 g/mol. The van der Waals surface area contributed by atoms with Crippen LogP contribution in [0.2, 0.25) is 0 Å². The number of nitrogens with zero attached hydrogens (tertiary/aromatic N) is 1. The summed E-state index contributed by atoms with van der Waals surface area (Å²) in [6.45, 7) is 4.11. The van der Waals surface area contributed by atoms with Gasteiger partial charge in [-0.3, -0.25) is 14.2 Å². The number of carbonyl (C=O) groups is 2. The Morgan fingerprint density at radius 3 is 1.55 bits per heavy atom. The van der Waals surface area contributed by atoms with E-state index in [0.717, 1.165) is 83.5 Å². The molecular formula is C43H78NO8P. The van der Waals surface area contributed by atoms with Gasteiger partial charge >= 0.3 is 11.9 Å². The van der Waals surface area contributed by atoms with Crippen LogP contribution in [0.25, 0.3) is 0 Å². The molecule has 308 valence electrons. The van der Waals surface area contributed by atoms with Crippen LogP contribution < -0.4 is 4.89 Å². The molecule has 0 aromatic carbocycles. The highest BCUT2D eigenvalue weighted by Gasteiger charge is 2.21. The average Bonchev–Trinajstić information content (AvgIpc) is 3.10. The summed E-state index contributed by atoms with van der Waals surface area (Å²) in [5, 5.41) is 0. The predicted molar refractivity (Wildman–Crippen MR) is 217 cm³/mol. The van der Waals surface area contributed by atoms with Crippen LogP contribution in [-0.4, -0.2) is 70.0 Å². The largest absolute Gasteiger partial charge is 0.756 e. The first-order valence-electron chi connectivity index (χ1n) is 20.8. The zero-order chi connectivity index (χ0) is 39.3. The summed E-state index contributed by atoms with van der Waals surface area (Å²) < 4.78 is 33.8. The normalized spacial score (nSPS) is 14.2. The smallest absolute Gasteiger partial charge is 0.306 e. The Hall–Kier alpha value is -2.03. The maximum atomic E-state index is 12.6. The molecule has 0 N–H and O–H groups in total. The molecule has 10 heteroatoms. The van der Waals surface area contributed by atoms with Gasteiger partial charge in [-0.2, -0.15) is 0 Å². The summed E-state index contributed by atoms with van der Waals surface area (Å²) in [6, 6.07) is 0.